The minimum atomic E-state index is -4.26. The number of carbonyl (C=O) groups is 2. The molecule has 2 unspecified atom stereocenters. The first-order valence-electron chi connectivity index (χ1n) is 14.5. The van der Waals surface area contributed by atoms with Crippen molar-refractivity contribution in [2.45, 2.75) is 129 Å². The molecule has 0 radical (unpaired) electrons. The van der Waals surface area contributed by atoms with E-state index in [9.17, 15) is 19.0 Å². The smallest absolute Gasteiger partial charge is 0.379 e. The zero-order chi connectivity index (χ0) is 27.2. The summed E-state index contributed by atoms with van der Waals surface area (Å²) in [5, 5.41) is 0.385. The summed E-state index contributed by atoms with van der Waals surface area (Å²) in [6, 6.07) is -0.739. The number of imide groups is 1. The summed E-state index contributed by atoms with van der Waals surface area (Å²) in [5.74, 6) is -0.613. The Bertz CT molecular complexity index is 636. The van der Waals surface area contributed by atoms with E-state index < -0.39 is 13.9 Å². The van der Waals surface area contributed by atoms with Crippen LogP contribution in [0.1, 0.15) is 122 Å². The number of likely N-dealkylation sites (tertiary alicyclic amines) is 1. The summed E-state index contributed by atoms with van der Waals surface area (Å²) in [7, 11) is -4.26. The number of nitrogens with zero attached hydrogens (tertiary/aromatic N) is 1. The van der Waals surface area contributed by atoms with Gasteiger partial charge in [0.15, 0.2) is 0 Å². The molecule has 0 aromatic carbocycles. The predicted octanol–water partition coefficient (Wildman–Crippen LogP) is 7.31. The van der Waals surface area contributed by atoms with E-state index in [4.69, 9.17) is 13.8 Å². The van der Waals surface area contributed by atoms with Crippen molar-refractivity contribution >= 4 is 35.6 Å². The number of carbonyl (C=O) groups excluding carboxylic acids is 2. The van der Waals surface area contributed by atoms with E-state index in [1.165, 1.54) is 89.9 Å². The molecular weight excluding hydrogens is 561 g/mol. The van der Waals surface area contributed by atoms with Gasteiger partial charge in [-0.05, 0) is 6.42 Å². The van der Waals surface area contributed by atoms with Gasteiger partial charge >= 0.3 is 7.82 Å². The van der Waals surface area contributed by atoms with Crippen LogP contribution in [0.2, 0.25) is 0 Å². The second kappa shape index (κ2) is 22.5. The molecule has 10 heteroatoms. The molecule has 1 aliphatic heterocycles. The van der Waals surface area contributed by atoms with Gasteiger partial charge in [-0.1, -0.05) is 119 Å². The normalized spacial score (nSPS) is 16.5. The zero-order valence-corrected chi connectivity index (χ0v) is 25.5. The Morgan fingerprint density at radius 1 is 0.757 bits per heavy atom. The van der Waals surface area contributed by atoms with Gasteiger partial charge in [0.05, 0.1) is 25.9 Å². The SMILES string of the molecule is CCCCCCCCCCCCCCCCCCOCC(COP(=O)(O)OCCBr)N1C(=O)CCC1=O. The summed E-state index contributed by atoms with van der Waals surface area (Å²) in [6.07, 6.45) is 21.1. The molecule has 0 aromatic rings. The minimum absolute atomic E-state index is 0.00970. The van der Waals surface area contributed by atoms with Crippen molar-refractivity contribution in [3.05, 3.63) is 0 Å². The molecule has 37 heavy (non-hydrogen) atoms. The molecular formula is C27H51BrNO7P. The zero-order valence-electron chi connectivity index (χ0n) is 23.0. The van der Waals surface area contributed by atoms with Gasteiger partial charge in [-0.15, -0.1) is 0 Å². The van der Waals surface area contributed by atoms with Crippen LogP contribution < -0.4 is 0 Å². The molecule has 0 saturated carbocycles. The van der Waals surface area contributed by atoms with Crippen LogP contribution >= 0.6 is 23.8 Å². The summed E-state index contributed by atoms with van der Waals surface area (Å²) in [6.45, 7) is 2.57. The second-order valence-electron chi connectivity index (χ2n) is 9.98. The van der Waals surface area contributed by atoms with Crippen molar-refractivity contribution in [1.29, 1.82) is 0 Å². The number of amides is 2. The van der Waals surface area contributed by atoms with Crippen LogP contribution in [0.4, 0.5) is 0 Å². The number of halogens is 1. The third-order valence-corrected chi connectivity index (χ3v) is 7.98. The minimum Gasteiger partial charge on any atom is -0.379 e. The number of alkyl halides is 1. The molecule has 2 amide bonds. The van der Waals surface area contributed by atoms with Crippen molar-refractivity contribution in [3.8, 4) is 0 Å². The second-order valence-corrected chi connectivity index (χ2v) is 12.2. The average Bonchev–Trinajstić information content (AvgIpc) is 3.21. The van der Waals surface area contributed by atoms with E-state index in [2.05, 4.69) is 22.9 Å². The van der Waals surface area contributed by atoms with Crippen LogP contribution in [0.25, 0.3) is 0 Å². The molecule has 218 valence electrons. The summed E-state index contributed by atoms with van der Waals surface area (Å²) < 4.78 is 27.5. The Hall–Kier alpha value is -0.310. The molecule has 0 aliphatic carbocycles. The van der Waals surface area contributed by atoms with Crippen LogP contribution in [0, 0.1) is 0 Å². The molecule has 8 nitrogen and oxygen atoms in total. The molecule has 1 aliphatic rings. The van der Waals surface area contributed by atoms with Gasteiger partial charge in [-0.2, -0.15) is 0 Å². The highest BCUT2D eigenvalue weighted by Crippen LogP contribution is 2.43. The van der Waals surface area contributed by atoms with E-state index >= 15 is 0 Å². The molecule has 1 fully saturated rings. The molecule has 1 N–H and O–H groups in total. The van der Waals surface area contributed by atoms with Crippen LogP contribution in [-0.4, -0.2) is 59.4 Å². The Balaban J connectivity index is 2.08. The van der Waals surface area contributed by atoms with Gasteiger partial charge < -0.3 is 9.63 Å². The van der Waals surface area contributed by atoms with Gasteiger partial charge in [0.2, 0.25) is 11.8 Å². The number of hydrogen-bond acceptors (Lipinski definition) is 6. The maximum absolute atomic E-state index is 12.1. The predicted molar refractivity (Wildman–Crippen MR) is 151 cm³/mol. The monoisotopic (exact) mass is 611 g/mol. The molecule has 1 heterocycles. The summed E-state index contributed by atoms with van der Waals surface area (Å²) in [5.41, 5.74) is 0. The van der Waals surface area contributed by atoms with E-state index in [1.807, 2.05) is 0 Å². The maximum atomic E-state index is 12.1. The lowest BCUT2D eigenvalue weighted by atomic mass is 10.0. The van der Waals surface area contributed by atoms with Gasteiger partial charge in [0.1, 0.15) is 0 Å². The Morgan fingerprint density at radius 3 is 1.68 bits per heavy atom. The number of unbranched alkanes of at least 4 members (excludes halogenated alkanes) is 15. The van der Waals surface area contributed by atoms with Crippen molar-refractivity contribution < 1.29 is 32.8 Å². The molecule has 0 bridgehead atoms. The standard InChI is InChI=1S/C27H51BrNO7P/c1-2-3-4-5-6-7-8-9-10-11-12-13-14-15-16-17-21-34-23-25(29-26(30)18-19-27(29)31)24-36-37(32,33)35-22-20-28/h25H,2-24H2,1H3,(H,32,33). The number of phosphoric ester groups is 1. The first-order chi connectivity index (χ1) is 17.9. The number of rotatable bonds is 26. The van der Waals surface area contributed by atoms with Crippen molar-refractivity contribution in [1.82, 2.24) is 4.90 Å². The highest BCUT2D eigenvalue weighted by molar-refractivity contribution is 9.09. The summed E-state index contributed by atoms with van der Waals surface area (Å²) in [4.78, 5) is 35.1. The highest BCUT2D eigenvalue weighted by atomic mass is 79.9. The van der Waals surface area contributed by atoms with Crippen LogP contribution in [-0.2, 0) is 27.9 Å². The first-order valence-corrected chi connectivity index (χ1v) is 17.1. The molecule has 0 aromatic heterocycles. The van der Waals surface area contributed by atoms with Gasteiger partial charge in [0, 0.05) is 24.8 Å². The Morgan fingerprint density at radius 2 is 1.22 bits per heavy atom. The van der Waals surface area contributed by atoms with Crippen molar-refractivity contribution in [2.75, 3.05) is 31.8 Å². The lowest BCUT2D eigenvalue weighted by Crippen LogP contribution is -2.45. The number of phosphoric acid groups is 1. The average molecular weight is 613 g/mol. The van der Waals surface area contributed by atoms with Gasteiger partial charge in [-0.3, -0.25) is 23.5 Å². The van der Waals surface area contributed by atoms with E-state index in [-0.39, 0.29) is 44.5 Å². The third-order valence-electron chi connectivity index (χ3n) is 6.67. The van der Waals surface area contributed by atoms with E-state index in [0.717, 1.165) is 17.7 Å². The van der Waals surface area contributed by atoms with E-state index in [1.54, 1.807) is 0 Å². The number of hydrogen-bond donors (Lipinski definition) is 1. The lowest BCUT2D eigenvalue weighted by Gasteiger charge is -2.26. The largest absolute Gasteiger partial charge is 0.472 e. The maximum Gasteiger partial charge on any atom is 0.472 e. The number of ether oxygens (including phenoxy) is 1. The topological polar surface area (TPSA) is 102 Å². The molecule has 2 atom stereocenters. The van der Waals surface area contributed by atoms with Crippen LogP contribution in [0.3, 0.4) is 0 Å². The fraction of sp³-hybridized carbons (Fsp3) is 0.926. The Labute approximate surface area is 233 Å². The third kappa shape index (κ3) is 17.8. The Kier molecular flexibility index (Phi) is 21.1. The lowest BCUT2D eigenvalue weighted by molar-refractivity contribution is -0.143. The fourth-order valence-corrected chi connectivity index (χ4v) is 5.71. The fourth-order valence-electron chi connectivity index (χ4n) is 4.54. The van der Waals surface area contributed by atoms with Crippen LogP contribution in [0.5, 0.6) is 0 Å². The molecule has 1 saturated heterocycles. The quantitative estimate of drug-likeness (QED) is 0.0473. The highest BCUT2D eigenvalue weighted by Gasteiger charge is 2.36. The molecule has 0 spiro atoms. The van der Waals surface area contributed by atoms with Crippen LogP contribution in [0.15, 0.2) is 0 Å². The molecule has 1 rings (SSSR count). The van der Waals surface area contributed by atoms with Crippen molar-refractivity contribution in [3.63, 3.8) is 0 Å². The van der Waals surface area contributed by atoms with E-state index in [0.29, 0.717) is 11.9 Å². The van der Waals surface area contributed by atoms with Gasteiger partial charge in [-0.25, -0.2) is 4.57 Å². The van der Waals surface area contributed by atoms with Crippen molar-refractivity contribution in [2.24, 2.45) is 0 Å². The van der Waals surface area contributed by atoms with Gasteiger partial charge in [0.25, 0.3) is 0 Å². The summed E-state index contributed by atoms with van der Waals surface area (Å²) >= 11 is 3.11. The first kappa shape index (κ1) is 34.7.